The molecular weight excluding hydrogens is 304 g/mol. The number of benzene rings is 1. The van der Waals surface area contributed by atoms with E-state index in [1.54, 1.807) is 4.90 Å². The van der Waals surface area contributed by atoms with Crippen LogP contribution in [-0.2, 0) is 4.74 Å². The van der Waals surface area contributed by atoms with Gasteiger partial charge in [-0.15, -0.1) is 5.10 Å². The van der Waals surface area contributed by atoms with E-state index in [0.29, 0.717) is 18.1 Å². The van der Waals surface area contributed by atoms with Crippen LogP contribution in [0.3, 0.4) is 0 Å². The summed E-state index contributed by atoms with van der Waals surface area (Å²) in [5, 5.41) is 8.98. The summed E-state index contributed by atoms with van der Waals surface area (Å²) in [4.78, 5) is 13.8. The molecule has 0 aliphatic carbocycles. The van der Waals surface area contributed by atoms with E-state index >= 15 is 0 Å². The van der Waals surface area contributed by atoms with Crippen molar-refractivity contribution in [3.63, 3.8) is 0 Å². The Morgan fingerprint density at radius 1 is 1.41 bits per heavy atom. The second kappa shape index (κ2) is 5.43. The summed E-state index contributed by atoms with van der Waals surface area (Å²) in [5.74, 6) is 0. The van der Waals surface area contributed by atoms with Gasteiger partial charge in [-0.1, -0.05) is 22.9 Å². The number of fused-ring (bicyclic) bond motifs is 1. The van der Waals surface area contributed by atoms with Crippen molar-refractivity contribution >= 4 is 28.7 Å². The third-order valence-corrected chi connectivity index (χ3v) is 3.91. The number of halogens is 1. The van der Waals surface area contributed by atoms with Crippen LogP contribution in [0.15, 0.2) is 18.2 Å². The Morgan fingerprint density at radius 2 is 2.18 bits per heavy atom. The summed E-state index contributed by atoms with van der Waals surface area (Å²) in [6, 6.07) is 5.62. The fourth-order valence-electron chi connectivity index (χ4n) is 2.64. The fourth-order valence-corrected chi connectivity index (χ4v) is 2.90. The molecule has 22 heavy (non-hydrogen) atoms. The largest absolute Gasteiger partial charge is 0.444 e. The number of carbonyl (C=O) groups is 1. The molecule has 1 atom stereocenters. The first-order chi connectivity index (χ1) is 10.3. The van der Waals surface area contributed by atoms with E-state index in [-0.39, 0.29) is 12.1 Å². The van der Waals surface area contributed by atoms with Crippen molar-refractivity contribution in [1.29, 1.82) is 0 Å². The summed E-state index contributed by atoms with van der Waals surface area (Å²) < 4.78 is 7.24. The minimum Gasteiger partial charge on any atom is -0.444 e. The van der Waals surface area contributed by atoms with E-state index in [1.165, 1.54) is 0 Å². The average Bonchev–Trinajstić information content (AvgIpc) is 3.03. The van der Waals surface area contributed by atoms with Crippen molar-refractivity contribution in [2.24, 2.45) is 0 Å². The van der Waals surface area contributed by atoms with Gasteiger partial charge in [-0.05, 0) is 39.3 Å². The summed E-state index contributed by atoms with van der Waals surface area (Å²) in [7, 11) is 0. The van der Waals surface area contributed by atoms with Gasteiger partial charge in [-0.3, -0.25) is 0 Å². The van der Waals surface area contributed by atoms with Gasteiger partial charge in [-0.2, -0.15) is 0 Å². The highest BCUT2D eigenvalue weighted by atomic mass is 35.5. The Labute approximate surface area is 134 Å². The Balaban J connectivity index is 1.79. The zero-order valence-corrected chi connectivity index (χ0v) is 13.7. The van der Waals surface area contributed by atoms with Crippen LogP contribution in [0.5, 0.6) is 0 Å². The highest BCUT2D eigenvalue weighted by molar-refractivity contribution is 6.34. The third-order valence-electron chi connectivity index (χ3n) is 3.60. The Bertz CT molecular complexity index is 707. The molecule has 2 heterocycles. The van der Waals surface area contributed by atoms with Gasteiger partial charge in [-0.25, -0.2) is 9.48 Å². The van der Waals surface area contributed by atoms with Crippen molar-refractivity contribution in [2.45, 2.75) is 38.8 Å². The van der Waals surface area contributed by atoms with E-state index in [9.17, 15) is 4.79 Å². The van der Waals surface area contributed by atoms with Crippen LogP contribution in [0.1, 0.15) is 33.2 Å². The van der Waals surface area contributed by atoms with E-state index in [4.69, 9.17) is 16.3 Å². The van der Waals surface area contributed by atoms with Crippen LogP contribution in [0.25, 0.3) is 11.0 Å². The van der Waals surface area contributed by atoms with Gasteiger partial charge < -0.3 is 9.64 Å². The van der Waals surface area contributed by atoms with E-state index in [1.807, 2.05) is 43.7 Å². The molecule has 0 N–H and O–H groups in total. The molecule has 3 rings (SSSR count). The molecule has 2 aromatic rings. The molecular formula is C15H19ClN4O2. The van der Waals surface area contributed by atoms with Gasteiger partial charge in [0, 0.05) is 13.1 Å². The molecule has 1 saturated heterocycles. The molecule has 7 heteroatoms. The lowest BCUT2D eigenvalue weighted by Gasteiger charge is -2.24. The van der Waals surface area contributed by atoms with Crippen molar-refractivity contribution in [3.8, 4) is 0 Å². The van der Waals surface area contributed by atoms with Crippen LogP contribution in [0.2, 0.25) is 5.02 Å². The first-order valence-corrected chi connectivity index (χ1v) is 7.70. The predicted molar refractivity (Wildman–Crippen MR) is 84.0 cm³/mol. The first-order valence-electron chi connectivity index (χ1n) is 7.32. The molecule has 0 bridgehead atoms. The average molecular weight is 323 g/mol. The second-order valence-corrected chi connectivity index (χ2v) is 6.92. The number of hydrogen-bond donors (Lipinski definition) is 0. The summed E-state index contributed by atoms with van der Waals surface area (Å²) in [6.07, 6.45) is 0.522. The monoisotopic (exact) mass is 322 g/mol. The van der Waals surface area contributed by atoms with Gasteiger partial charge in [0.05, 0.1) is 11.1 Å². The van der Waals surface area contributed by atoms with Crippen LogP contribution in [0, 0.1) is 0 Å². The maximum Gasteiger partial charge on any atom is 0.410 e. The fraction of sp³-hybridized carbons (Fsp3) is 0.533. The molecule has 0 spiro atoms. The van der Waals surface area contributed by atoms with E-state index < -0.39 is 5.60 Å². The van der Waals surface area contributed by atoms with Crippen molar-refractivity contribution in [2.75, 3.05) is 13.1 Å². The molecule has 0 radical (unpaired) electrons. The number of hydrogen-bond acceptors (Lipinski definition) is 4. The van der Waals surface area contributed by atoms with Gasteiger partial charge in [0.1, 0.15) is 16.6 Å². The molecule has 6 nitrogen and oxygen atoms in total. The predicted octanol–water partition coefficient (Wildman–Crippen LogP) is 3.27. The lowest BCUT2D eigenvalue weighted by atomic mass is 10.2. The Morgan fingerprint density at radius 3 is 2.91 bits per heavy atom. The topological polar surface area (TPSA) is 60.2 Å². The molecule has 1 amide bonds. The molecule has 1 aromatic heterocycles. The zero-order chi connectivity index (χ0) is 15.9. The third kappa shape index (κ3) is 2.88. The van der Waals surface area contributed by atoms with Crippen LogP contribution in [0.4, 0.5) is 4.79 Å². The van der Waals surface area contributed by atoms with Gasteiger partial charge >= 0.3 is 6.09 Å². The molecule has 1 aliphatic heterocycles. The molecule has 1 aromatic carbocycles. The maximum atomic E-state index is 12.1. The molecule has 1 aliphatic rings. The molecule has 1 fully saturated rings. The van der Waals surface area contributed by atoms with Crippen LogP contribution >= 0.6 is 11.6 Å². The minimum atomic E-state index is -0.488. The number of carbonyl (C=O) groups excluding carboxylic acids is 1. The second-order valence-electron chi connectivity index (χ2n) is 6.51. The molecule has 1 unspecified atom stereocenters. The standard InChI is InChI=1S/C15H19ClN4O2/c1-15(2,3)22-14(21)19-8-7-10(9-19)20-13-11(16)5-4-6-12(13)17-18-20/h4-6,10H,7-9H2,1-3H3. The van der Waals surface area contributed by atoms with Gasteiger partial charge in [0.2, 0.25) is 0 Å². The van der Waals surface area contributed by atoms with Crippen LogP contribution < -0.4 is 0 Å². The molecule has 118 valence electrons. The smallest absolute Gasteiger partial charge is 0.410 e. The highest BCUT2D eigenvalue weighted by Crippen LogP contribution is 2.29. The number of amides is 1. The summed E-state index contributed by atoms with van der Waals surface area (Å²) in [5.41, 5.74) is 1.10. The SMILES string of the molecule is CC(C)(C)OC(=O)N1CCC(n2nnc3cccc(Cl)c32)C1. The van der Waals surface area contributed by atoms with Crippen LogP contribution in [-0.4, -0.2) is 44.7 Å². The summed E-state index contributed by atoms with van der Waals surface area (Å²) >= 11 is 6.26. The number of para-hydroxylation sites is 1. The zero-order valence-electron chi connectivity index (χ0n) is 12.9. The maximum absolute atomic E-state index is 12.1. The number of likely N-dealkylation sites (tertiary alicyclic amines) is 1. The number of nitrogens with zero attached hydrogens (tertiary/aromatic N) is 4. The minimum absolute atomic E-state index is 0.0671. The van der Waals surface area contributed by atoms with Gasteiger partial charge in [0.15, 0.2) is 0 Å². The number of ether oxygens (including phenoxy) is 1. The van der Waals surface area contributed by atoms with Crippen molar-refractivity contribution in [3.05, 3.63) is 23.2 Å². The van der Waals surface area contributed by atoms with Gasteiger partial charge in [0.25, 0.3) is 0 Å². The molecule has 0 saturated carbocycles. The number of rotatable bonds is 1. The first kappa shape index (κ1) is 15.1. The quantitative estimate of drug-likeness (QED) is 0.808. The van der Waals surface area contributed by atoms with E-state index in [0.717, 1.165) is 17.5 Å². The van der Waals surface area contributed by atoms with Crippen molar-refractivity contribution < 1.29 is 9.53 Å². The Hall–Kier alpha value is -1.82. The summed E-state index contributed by atoms with van der Waals surface area (Å²) in [6.45, 7) is 6.79. The van der Waals surface area contributed by atoms with E-state index in [2.05, 4.69) is 10.3 Å². The van der Waals surface area contributed by atoms with Crippen molar-refractivity contribution in [1.82, 2.24) is 19.9 Å². The normalized spacial score (nSPS) is 18.9. The lowest BCUT2D eigenvalue weighted by Crippen LogP contribution is -2.35. The lowest BCUT2D eigenvalue weighted by molar-refractivity contribution is 0.0288. The Kier molecular flexibility index (Phi) is 3.72. The highest BCUT2D eigenvalue weighted by Gasteiger charge is 2.32. The number of aromatic nitrogens is 3.